The van der Waals surface area contributed by atoms with E-state index in [4.69, 9.17) is 23.7 Å². The van der Waals surface area contributed by atoms with Gasteiger partial charge in [0.25, 0.3) is 0 Å². The molecule has 2 aliphatic heterocycles. The summed E-state index contributed by atoms with van der Waals surface area (Å²) >= 11 is 0. The summed E-state index contributed by atoms with van der Waals surface area (Å²) in [4.78, 5) is 37.1. The van der Waals surface area contributed by atoms with Crippen molar-refractivity contribution in [1.29, 1.82) is 0 Å². The van der Waals surface area contributed by atoms with Crippen LogP contribution in [0.15, 0.2) is 0 Å². The van der Waals surface area contributed by atoms with E-state index in [9.17, 15) is 50.1 Å². The fourth-order valence-corrected chi connectivity index (χ4v) is 7.56. The number of aliphatic carboxylic acids is 2. The molecule has 4 rings (SSSR count). The van der Waals surface area contributed by atoms with E-state index < -0.39 is 116 Å². The number of ether oxygens (including phenoxy) is 5. The van der Waals surface area contributed by atoms with Gasteiger partial charge < -0.3 is 64.7 Å². The zero-order chi connectivity index (χ0) is 35.3. The summed E-state index contributed by atoms with van der Waals surface area (Å²) in [5, 5.41) is 75.4. The highest BCUT2D eigenvalue weighted by atomic mass is 16.7. The number of rotatable bonds is 13. The van der Waals surface area contributed by atoms with Crippen LogP contribution in [0.5, 0.6) is 0 Å². The van der Waals surface area contributed by atoms with Gasteiger partial charge in [0.15, 0.2) is 18.7 Å². The van der Waals surface area contributed by atoms with Gasteiger partial charge in [0.2, 0.25) is 5.91 Å². The number of hydrogen-bond acceptors (Lipinski definition) is 13. The average molecular weight is 692 g/mol. The number of amides is 1. The van der Waals surface area contributed by atoms with E-state index in [0.29, 0.717) is 6.42 Å². The Hall–Kier alpha value is -1.99. The zero-order valence-corrected chi connectivity index (χ0v) is 27.7. The van der Waals surface area contributed by atoms with Crippen LogP contribution in [-0.4, -0.2) is 140 Å². The number of aliphatic hydroxyl groups excluding tert-OH is 5. The summed E-state index contributed by atoms with van der Waals surface area (Å²) in [6, 6.07) is -1.30. The average Bonchev–Trinajstić information content (AvgIpc) is 3.05. The standard InChI is InChI=1S/C32H53NO15/c1-4-17-11-18(29(40)41)12-19(27(17)48-32-26(39)25(38)23(36)14(2)44-32)46-31-22(33-15(3)35)28(24(37)21(13-34)47-31)45-20(30(42)43)10-16-8-6-5-7-9-16/h14,16-28,31-32,34,36-39H,4-13H2,1-3H3,(H,33,35)(H,40,41)(H,42,43)/t14-,17?,18?,19+,20-,21-,22?,23-,24-,25?,26-,27+,28?,31+,32?/m0/s1. The van der Waals surface area contributed by atoms with E-state index in [2.05, 4.69) is 5.32 Å². The summed E-state index contributed by atoms with van der Waals surface area (Å²) < 4.78 is 30.3. The molecule has 16 heteroatoms. The van der Waals surface area contributed by atoms with Crippen LogP contribution in [-0.2, 0) is 38.1 Å². The van der Waals surface area contributed by atoms with Crippen molar-refractivity contribution in [2.45, 2.75) is 158 Å². The summed E-state index contributed by atoms with van der Waals surface area (Å²) in [5.74, 6) is -4.16. The third-order valence-electron chi connectivity index (χ3n) is 10.3. The molecule has 4 fully saturated rings. The smallest absolute Gasteiger partial charge is 0.332 e. The van der Waals surface area contributed by atoms with Gasteiger partial charge in [-0.25, -0.2) is 4.79 Å². The highest BCUT2D eigenvalue weighted by Gasteiger charge is 2.52. The van der Waals surface area contributed by atoms with Gasteiger partial charge in [-0.1, -0.05) is 45.4 Å². The molecule has 0 radical (unpaired) electrons. The van der Waals surface area contributed by atoms with Crippen LogP contribution < -0.4 is 5.32 Å². The Labute approximate surface area is 279 Å². The molecule has 2 aliphatic carbocycles. The molecule has 4 aliphatic rings. The highest BCUT2D eigenvalue weighted by molar-refractivity contribution is 5.74. The molecule has 2 heterocycles. The first-order chi connectivity index (χ1) is 22.7. The van der Waals surface area contributed by atoms with Crippen molar-refractivity contribution in [3.8, 4) is 0 Å². The summed E-state index contributed by atoms with van der Waals surface area (Å²) in [6.07, 6.45) is -10.7. The second kappa shape index (κ2) is 17.3. The van der Waals surface area contributed by atoms with Crippen LogP contribution in [0.25, 0.3) is 0 Å². The van der Waals surface area contributed by atoms with E-state index in [-0.39, 0.29) is 25.2 Å². The largest absolute Gasteiger partial charge is 0.481 e. The van der Waals surface area contributed by atoms with Crippen molar-refractivity contribution in [2.75, 3.05) is 6.61 Å². The molecule has 6 unspecified atom stereocenters. The lowest BCUT2D eigenvalue weighted by Gasteiger charge is -2.49. The molecule has 0 aromatic carbocycles. The fourth-order valence-electron chi connectivity index (χ4n) is 7.56. The quantitative estimate of drug-likeness (QED) is 0.121. The Balaban J connectivity index is 1.64. The van der Waals surface area contributed by atoms with Gasteiger partial charge in [-0.3, -0.25) is 9.59 Å². The molecule has 0 bridgehead atoms. The lowest BCUT2D eigenvalue weighted by molar-refractivity contribution is -0.338. The second-order valence-corrected chi connectivity index (χ2v) is 13.7. The monoisotopic (exact) mass is 691 g/mol. The fraction of sp³-hybridized carbons (Fsp3) is 0.906. The van der Waals surface area contributed by atoms with Crippen molar-refractivity contribution in [1.82, 2.24) is 5.32 Å². The molecule has 8 N–H and O–H groups in total. The summed E-state index contributed by atoms with van der Waals surface area (Å²) in [7, 11) is 0. The molecule has 1 amide bonds. The van der Waals surface area contributed by atoms with Gasteiger partial charge in [0.05, 0.1) is 30.8 Å². The number of aliphatic hydroxyl groups is 5. The molecule has 2 saturated carbocycles. The van der Waals surface area contributed by atoms with Crippen LogP contribution in [0.1, 0.15) is 78.6 Å². The van der Waals surface area contributed by atoms with E-state index in [0.717, 1.165) is 32.1 Å². The molecule has 16 nitrogen and oxygen atoms in total. The van der Waals surface area contributed by atoms with Gasteiger partial charge in [-0.05, 0) is 38.0 Å². The summed E-state index contributed by atoms with van der Waals surface area (Å²) in [5.41, 5.74) is 0. The Kier molecular flexibility index (Phi) is 14.0. The highest BCUT2D eigenvalue weighted by Crippen LogP contribution is 2.40. The number of carbonyl (C=O) groups excluding carboxylic acids is 1. The number of carboxylic acids is 2. The maximum atomic E-state index is 12.5. The first kappa shape index (κ1) is 38.8. The van der Waals surface area contributed by atoms with Crippen LogP contribution in [0.4, 0.5) is 0 Å². The normalized spacial score (nSPS) is 41.8. The van der Waals surface area contributed by atoms with Crippen molar-refractivity contribution in [3.05, 3.63) is 0 Å². The molecular formula is C32H53NO15. The maximum absolute atomic E-state index is 12.5. The van der Waals surface area contributed by atoms with Crippen LogP contribution in [0, 0.1) is 17.8 Å². The SMILES string of the molecule is CCC1CC(C(=O)O)C[C@@H](O[C@@H]2O[C@@H](CO)[C@H](O)C(O[C@@H](CC3CCCCC3)C(=O)O)C2NC(C)=O)[C@@H]1OC1O[C@@H](C)[C@H](O)C(O)[C@@H]1O. The number of carbonyl (C=O) groups is 3. The van der Waals surface area contributed by atoms with Gasteiger partial charge in [0.1, 0.15) is 42.7 Å². The first-order valence-electron chi connectivity index (χ1n) is 17.1. The third-order valence-corrected chi connectivity index (χ3v) is 10.3. The van der Waals surface area contributed by atoms with Crippen molar-refractivity contribution < 1.29 is 73.8 Å². The van der Waals surface area contributed by atoms with Gasteiger partial charge in [-0.15, -0.1) is 0 Å². The third kappa shape index (κ3) is 9.21. The Morgan fingerprint density at radius 1 is 0.875 bits per heavy atom. The maximum Gasteiger partial charge on any atom is 0.332 e. The Morgan fingerprint density at radius 2 is 1.56 bits per heavy atom. The van der Waals surface area contributed by atoms with E-state index in [1.54, 1.807) is 0 Å². The van der Waals surface area contributed by atoms with Crippen molar-refractivity contribution >= 4 is 17.8 Å². The number of nitrogens with one attached hydrogen (secondary N) is 1. The molecule has 0 spiro atoms. The Bertz CT molecular complexity index is 1070. The molecule has 48 heavy (non-hydrogen) atoms. The van der Waals surface area contributed by atoms with Crippen LogP contribution >= 0.6 is 0 Å². The zero-order valence-electron chi connectivity index (χ0n) is 27.7. The van der Waals surface area contributed by atoms with Crippen LogP contribution in [0.3, 0.4) is 0 Å². The summed E-state index contributed by atoms with van der Waals surface area (Å²) in [6.45, 7) is 3.81. The minimum atomic E-state index is -1.64. The van der Waals surface area contributed by atoms with Crippen molar-refractivity contribution in [3.63, 3.8) is 0 Å². The van der Waals surface area contributed by atoms with E-state index in [1.165, 1.54) is 13.8 Å². The second-order valence-electron chi connectivity index (χ2n) is 13.7. The predicted molar refractivity (Wildman–Crippen MR) is 163 cm³/mol. The lowest BCUT2D eigenvalue weighted by atomic mass is 9.76. The molecule has 2 saturated heterocycles. The Morgan fingerprint density at radius 3 is 2.15 bits per heavy atom. The molecule has 0 aromatic rings. The molecule has 276 valence electrons. The first-order valence-corrected chi connectivity index (χ1v) is 17.1. The number of carboxylic acid groups (broad SMARTS) is 2. The minimum absolute atomic E-state index is 0.0931. The van der Waals surface area contributed by atoms with Gasteiger partial charge in [0, 0.05) is 6.92 Å². The van der Waals surface area contributed by atoms with E-state index in [1.807, 2.05) is 6.92 Å². The van der Waals surface area contributed by atoms with Gasteiger partial charge >= 0.3 is 11.9 Å². The molecule has 0 aromatic heterocycles. The topological polar surface area (TPSA) is 251 Å². The van der Waals surface area contributed by atoms with Gasteiger partial charge in [-0.2, -0.15) is 0 Å². The van der Waals surface area contributed by atoms with Crippen molar-refractivity contribution in [2.24, 2.45) is 17.8 Å². The molecule has 15 atom stereocenters. The minimum Gasteiger partial charge on any atom is -0.481 e. The number of hydrogen-bond donors (Lipinski definition) is 8. The molecular weight excluding hydrogens is 638 g/mol. The van der Waals surface area contributed by atoms with E-state index >= 15 is 0 Å². The van der Waals surface area contributed by atoms with Crippen LogP contribution in [0.2, 0.25) is 0 Å². The predicted octanol–water partition coefficient (Wildman–Crippen LogP) is -0.503. The lowest BCUT2D eigenvalue weighted by Crippen LogP contribution is -2.67.